The van der Waals surface area contributed by atoms with Gasteiger partial charge in [-0.05, 0) is 36.4 Å². The fourth-order valence-electron chi connectivity index (χ4n) is 2.26. The van der Waals surface area contributed by atoms with Gasteiger partial charge in [-0.1, -0.05) is 0 Å². The van der Waals surface area contributed by atoms with Crippen molar-refractivity contribution in [2.45, 2.75) is 6.42 Å². The van der Waals surface area contributed by atoms with E-state index >= 15 is 0 Å². The molecule has 0 saturated heterocycles. The molecule has 0 saturated carbocycles. The summed E-state index contributed by atoms with van der Waals surface area (Å²) in [6, 6.07) is 12.4. The number of anilines is 1. The maximum atomic E-state index is 12.0. The van der Waals surface area contributed by atoms with Gasteiger partial charge in [-0.3, -0.25) is 4.79 Å². The van der Waals surface area contributed by atoms with Gasteiger partial charge in [-0.15, -0.1) is 0 Å². The molecule has 6 nitrogen and oxygen atoms in total. The second-order valence-electron chi connectivity index (χ2n) is 5.22. The minimum Gasteiger partial charge on any atom is -0.497 e. The SMILES string of the molecule is COc1ccc(OCC(=O)Nc2ccc3c(c2)OCCCO3)cc1. The summed E-state index contributed by atoms with van der Waals surface area (Å²) in [5.41, 5.74) is 0.641. The molecular formula is C18H19NO5. The van der Waals surface area contributed by atoms with Gasteiger partial charge in [0.15, 0.2) is 18.1 Å². The predicted molar refractivity (Wildman–Crippen MR) is 89.2 cm³/mol. The van der Waals surface area contributed by atoms with Crippen LogP contribution in [0, 0.1) is 0 Å². The summed E-state index contributed by atoms with van der Waals surface area (Å²) in [5, 5.41) is 2.78. The molecule has 0 aromatic heterocycles. The first-order chi connectivity index (χ1) is 11.7. The Morgan fingerprint density at radius 3 is 2.50 bits per heavy atom. The fourth-order valence-corrected chi connectivity index (χ4v) is 2.26. The van der Waals surface area contributed by atoms with E-state index in [9.17, 15) is 4.79 Å². The number of amides is 1. The molecule has 1 aliphatic heterocycles. The summed E-state index contributed by atoms with van der Waals surface area (Å²) in [5.74, 6) is 2.42. The standard InChI is InChI=1S/C18H19NO5/c1-21-14-4-6-15(7-5-14)24-12-18(20)19-13-3-8-16-17(11-13)23-10-2-9-22-16/h3-8,11H,2,9-10,12H2,1H3,(H,19,20). The van der Waals surface area contributed by atoms with Gasteiger partial charge in [0.2, 0.25) is 0 Å². The van der Waals surface area contributed by atoms with Gasteiger partial charge in [0.1, 0.15) is 11.5 Å². The van der Waals surface area contributed by atoms with Gasteiger partial charge in [-0.2, -0.15) is 0 Å². The van der Waals surface area contributed by atoms with E-state index in [4.69, 9.17) is 18.9 Å². The number of carbonyl (C=O) groups is 1. The van der Waals surface area contributed by atoms with Crippen LogP contribution in [0.2, 0.25) is 0 Å². The number of nitrogens with one attached hydrogen (secondary N) is 1. The number of benzene rings is 2. The molecule has 0 fully saturated rings. The van der Waals surface area contributed by atoms with E-state index < -0.39 is 0 Å². The van der Waals surface area contributed by atoms with Crippen LogP contribution < -0.4 is 24.3 Å². The van der Waals surface area contributed by atoms with Gasteiger partial charge in [0, 0.05) is 18.2 Å². The van der Waals surface area contributed by atoms with Crippen LogP contribution in [0.25, 0.3) is 0 Å². The minimum atomic E-state index is -0.250. The topological polar surface area (TPSA) is 66.0 Å². The molecule has 1 aliphatic rings. The number of fused-ring (bicyclic) bond motifs is 1. The van der Waals surface area contributed by atoms with Crippen LogP contribution in [-0.2, 0) is 4.79 Å². The Balaban J connectivity index is 1.55. The van der Waals surface area contributed by atoms with Crippen molar-refractivity contribution in [2.24, 2.45) is 0 Å². The zero-order chi connectivity index (χ0) is 16.8. The Bertz CT molecular complexity index is 699. The molecule has 24 heavy (non-hydrogen) atoms. The Hall–Kier alpha value is -2.89. The minimum absolute atomic E-state index is 0.0826. The lowest BCUT2D eigenvalue weighted by atomic mass is 10.2. The Labute approximate surface area is 140 Å². The van der Waals surface area contributed by atoms with Gasteiger partial charge >= 0.3 is 0 Å². The molecule has 1 amide bonds. The maximum absolute atomic E-state index is 12.0. The van der Waals surface area contributed by atoms with Crippen LogP contribution in [-0.4, -0.2) is 32.8 Å². The quantitative estimate of drug-likeness (QED) is 0.914. The fraction of sp³-hybridized carbons (Fsp3) is 0.278. The zero-order valence-corrected chi connectivity index (χ0v) is 13.4. The lowest BCUT2D eigenvalue weighted by molar-refractivity contribution is -0.118. The molecule has 2 aromatic carbocycles. The lowest BCUT2D eigenvalue weighted by Crippen LogP contribution is -2.20. The number of methoxy groups -OCH3 is 1. The smallest absolute Gasteiger partial charge is 0.262 e. The van der Waals surface area contributed by atoms with Crippen molar-refractivity contribution in [2.75, 3.05) is 32.2 Å². The van der Waals surface area contributed by atoms with Crippen molar-refractivity contribution in [3.05, 3.63) is 42.5 Å². The molecule has 0 unspecified atom stereocenters. The van der Waals surface area contributed by atoms with E-state index in [1.807, 2.05) is 0 Å². The third-order valence-corrected chi connectivity index (χ3v) is 3.46. The zero-order valence-electron chi connectivity index (χ0n) is 13.4. The van der Waals surface area contributed by atoms with Gasteiger partial charge in [-0.25, -0.2) is 0 Å². The van der Waals surface area contributed by atoms with Crippen LogP contribution in [0.3, 0.4) is 0 Å². The molecule has 6 heteroatoms. The largest absolute Gasteiger partial charge is 0.497 e. The first-order valence-electron chi connectivity index (χ1n) is 7.71. The van der Waals surface area contributed by atoms with E-state index in [1.165, 1.54) is 0 Å². The second-order valence-corrected chi connectivity index (χ2v) is 5.22. The summed E-state index contributed by atoms with van der Waals surface area (Å²) >= 11 is 0. The number of rotatable bonds is 5. The first kappa shape index (κ1) is 16.0. The summed E-state index contributed by atoms with van der Waals surface area (Å²) in [4.78, 5) is 12.0. The summed E-state index contributed by atoms with van der Waals surface area (Å²) < 4.78 is 21.7. The Kier molecular flexibility index (Phi) is 5.05. The number of hydrogen-bond acceptors (Lipinski definition) is 5. The molecule has 1 N–H and O–H groups in total. The molecular weight excluding hydrogens is 310 g/mol. The molecule has 0 aliphatic carbocycles. The highest BCUT2D eigenvalue weighted by atomic mass is 16.5. The molecule has 2 aromatic rings. The molecule has 0 bridgehead atoms. The molecule has 0 spiro atoms. The average molecular weight is 329 g/mol. The van der Waals surface area contributed by atoms with Crippen LogP contribution in [0.5, 0.6) is 23.0 Å². The number of carbonyl (C=O) groups excluding carboxylic acids is 1. The third-order valence-electron chi connectivity index (χ3n) is 3.46. The van der Waals surface area contributed by atoms with E-state index in [0.717, 1.165) is 12.2 Å². The van der Waals surface area contributed by atoms with Gasteiger partial charge in [0.05, 0.1) is 20.3 Å². The van der Waals surface area contributed by atoms with Crippen molar-refractivity contribution in [3.8, 4) is 23.0 Å². The highest BCUT2D eigenvalue weighted by Crippen LogP contribution is 2.32. The summed E-state index contributed by atoms with van der Waals surface area (Å²) in [6.07, 6.45) is 0.839. The van der Waals surface area contributed by atoms with Crippen molar-refractivity contribution in [3.63, 3.8) is 0 Å². The molecule has 0 radical (unpaired) electrons. The maximum Gasteiger partial charge on any atom is 0.262 e. The lowest BCUT2D eigenvalue weighted by Gasteiger charge is -2.11. The van der Waals surface area contributed by atoms with E-state index in [2.05, 4.69) is 5.32 Å². The van der Waals surface area contributed by atoms with Crippen molar-refractivity contribution < 1.29 is 23.7 Å². The normalized spacial score (nSPS) is 12.9. The van der Waals surface area contributed by atoms with Gasteiger partial charge < -0.3 is 24.3 Å². The predicted octanol–water partition coefficient (Wildman–Crippen LogP) is 2.87. The highest BCUT2D eigenvalue weighted by molar-refractivity contribution is 5.92. The number of hydrogen-bond donors (Lipinski definition) is 1. The van der Waals surface area contributed by atoms with Gasteiger partial charge in [0.25, 0.3) is 5.91 Å². The number of ether oxygens (including phenoxy) is 4. The third kappa shape index (κ3) is 4.10. The molecule has 3 rings (SSSR count). The van der Waals surface area contributed by atoms with Crippen molar-refractivity contribution >= 4 is 11.6 Å². The van der Waals surface area contributed by atoms with Crippen molar-refractivity contribution in [1.29, 1.82) is 0 Å². The van der Waals surface area contributed by atoms with Crippen LogP contribution in [0.4, 0.5) is 5.69 Å². The van der Waals surface area contributed by atoms with E-state index in [1.54, 1.807) is 49.6 Å². The molecule has 126 valence electrons. The first-order valence-corrected chi connectivity index (χ1v) is 7.71. The van der Waals surface area contributed by atoms with E-state index in [0.29, 0.717) is 36.1 Å². The summed E-state index contributed by atoms with van der Waals surface area (Å²) in [6.45, 7) is 1.15. The Morgan fingerprint density at radius 2 is 1.75 bits per heavy atom. The molecule has 0 atom stereocenters. The van der Waals surface area contributed by atoms with Crippen LogP contribution in [0.1, 0.15) is 6.42 Å². The van der Waals surface area contributed by atoms with Crippen molar-refractivity contribution in [1.82, 2.24) is 0 Å². The average Bonchev–Trinajstić information content (AvgIpc) is 2.85. The molecule has 1 heterocycles. The second kappa shape index (κ2) is 7.59. The van der Waals surface area contributed by atoms with Crippen LogP contribution >= 0.6 is 0 Å². The van der Waals surface area contributed by atoms with Crippen LogP contribution in [0.15, 0.2) is 42.5 Å². The summed E-state index contributed by atoms with van der Waals surface area (Å²) in [7, 11) is 1.60. The highest BCUT2D eigenvalue weighted by Gasteiger charge is 2.12. The van der Waals surface area contributed by atoms with E-state index in [-0.39, 0.29) is 12.5 Å². The Morgan fingerprint density at radius 1 is 1.04 bits per heavy atom. The monoisotopic (exact) mass is 329 g/mol.